The molecule has 3 atom stereocenters. The fourth-order valence-corrected chi connectivity index (χ4v) is 2.51. The van der Waals surface area contributed by atoms with Crippen molar-refractivity contribution in [3.8, 4) is 5.75 Å². The van der Waals surface area contributed by atoms with E-state index in [1.165, 1.54) is 0 Å². The Morgan fingerprint density at radius 3 is 2.94 bits per heavy atom. The number of carbonyl (C=O) groups excluding carboxylic acids is 1. The second kappa shape index (κ2) is 5.52. The van der Waals surface area contributed by atoms with Crippen molar-refractivity contribution < 1.29 is 14.6 Å². The van der Waals surface area contributed by atoms with E-state index in [2.05, 4.69) is 0 Å². The van der Waals surface area contributed by atoms with Crippen molar-refractivity contribution in [2.45, 2.75) is 24.3 Å². The Bertz CT molecular complexity index is 394. The summed E-state index contributed by atoms with van der Waals surface area (Å²) in [4.78, 5) is 10.6. The van der Waals surface area contributed by atoms with Gasteiger partial charge >= 0.3 is 0 Å². The van der Waals surface area contributed by atoms with E-state index in [0.717, 1.165) is 12.7 Å². The van der Waals surface area contributed by atoms with Crippen LogP contribution in [0.25, 0.3) is 0 Å². The summed E-state index contributed by atoms with van der Waals surface area (Å²) in [6.07, 6.45) is 1.80. The molecule has 1 aliphatic carbocycles. The van der Waals surface area contributed by atoms with Crippen molar-refractivity contribution in [1.82, 2.24) is 0 Å². The molecule has 1 aromatic rings. The zero-order chi connectivity index (χ0) is 12.3. The summed E-state index contributed by atoms with van der Waals surface area (Å²) in [5.41, 5.74) is 0.588. The molecule has 0 aromatic heterocycles. The maximum Gasteiger partial charge on any atom is 0.150 e. The van der Waals surface area contributed by atoms with Gasteiger partial charge in [-0.15, -0.1) is 11.6 Å². The van der Waals surface area contributed by atoms with Gasteiger partial charge in [0.15, 0.2) is 0 Å². The Kier molecular flexibility index (Phi) is 4.02. The number of aliphatic hydroxyl groups excluding tert-OH is 1. The zero-order valence-corrected chi connectivity index (χ0v) is 10.1. The van der Waals surface area contributed by atoms with Crippen LogP contribution in [0.3, 0.4) is 0 Å². The number of hydrogen-bond donors (Lipinski definition) is 1. The lowest BCUT2D eigenvalue weighted by Gasteiger charge is -2.15. The van der Waals surface area contributed by atoms with Crippen molar-refractivity contribution >= 4 is 17.9 Å². The highest BCUT2D eigenvalue weighted by atomic mass is 35.5. The van der Waals surface area contributed by atoms with Crippen molar-refractivity contribution in [3.63, 3.8) is 0 Å². The summed E-state index contributed by atoms with van der Waals surface area (Å²) < 4.78 is 5.57. The fraction of sp³-hybridized carbons (Fsp3) is 0.462. The van der Waals surface area contributed by atoms with Crippen LogP contribution in [0.1, 0.15) is 23.2 Å². The van der Waals surface area contributed by atoms with Gasteiger partial charge in [0.2, 0.25) is 0 Å². The van der Waals surface area contributed by atoms with Gasteiger partial charge in [-0.05, 0) is 25.0 Å². The molecule has 4 heteroatoms. The molecule has 0 aliphatic heterocycles. The predicted molar refractivity (Wildman–Crippen MR) is 65.7 cm³/mol. The molecule has 0 heterocycles. The number of ether oxygens (including phenoxy) is 1. The lowest BCUT2D eigenvalue weighted by molar-refractivity contribution is 0.0984. The van der Waals surface area contributed by atoms with E-state index >= 15 is 0 Å². The molecule has 1 N–H and O–H groups in total. The molecule has 0 amide bonds. The maximum atomic E-state index is 10.6. The maximum absolute atomic E-state index is 10.6. The number of rotatable bonds is 4. The van der Waals surface area contributed by atoms with E-state index in [-0.39, 0.29) is 17.4 Å². The first kappa shape index (κ1) is 12.4. The molecule has 0 unspecified atom stereocenters. The third-order valence-corrected chi connectivity index (χ3v) is 3.41. The van der Waals surface area contributed by atoms with Crippen LogP contribution in [-0.4, -0.2) is 29.5 Å². The number of carbonyl (C=O) groups is 1. The second-order valence-corrected chi connectivity index (χ2v) is 5.01. The van der Waals surface area contributed by atoms with Gasteiger partial charge in [0, 0.05) is 16.9 Å². The van der Waals surface area contributed by atoms with Crippen LogP contribution in [0.5, 0.6) is 5.75 Å². The highest BCUT2D eigenvalue weighted by Gasteiger charge is 2.32. The molecule has 0 bridgehead atoms. The quantitative estimate of drug-likeness (QED) is 0.662. The van der Waals surface area contributed by atoms with Gasteiger partial charge in [0.25, 0.3) is 0 Å². The Hall–Kier alpha value is -1.06. The van der Waals surface area contributed by atoms with E-state index in [4.69, 9.17) is 16.3 Å². The van der Waals surface area contributed by atoms with Crippen LogP contribution in [0.2, 0.25) is 0 Å². The fourth-order valence-electron chi connectivity index (χ4n) is 2.10. The summed E-state index contributed by atoms with van der Waals surface area (Å²) in [5.74, 6) is 0.734. The second-order valence-electron chi connectivity index (χ2n) is 4.40. The number of aldehydes is 1. The van der Waals surface area contributed by atoms with Crippen molar-refractivity contribution in [2.24, 2.45) is 5.92 Å². The summed E-state index contributed by atoms with van der Waals surface area (Å²) in [5, 5.41) is 9.76. The zero-order valence-electron chi connectivity index (χ0n) is 9.38. The first-order valence-electron chi connectivity index (χ1n) is 5.69. The minimum atomic E-state index is -0.383. The average Bonchev–Trinajstić information content (AvgIpc) is 2.65. The average molecular weight is 255 g/mol. The number of alkyl halides is 1. The lowest BCUT2D eigenvalue weighted by Crippen LogP contribution is -2.20. The Balaban J connectivity index is 1.91. The van der Waals surface area contributed by atoms with E-state index in [9.17, 15) is 9.90 Å². The van der Waals surface area contributed by atoms with Crippen LogP contribution < -0.4 is 4.74 Å². The van der Waals surface area contributed by atoms with Gasteiger partial charge < -0.3 is 9.84 Å². The van der Waals surface area contributed by atoms with Crippen molar-refractivity contribution in [3.05, 3.63) is 29.8 Å². The highest BCUT2D eigenvalue weighted by molar-refractivity contribution is 6.20. The number of aliphatic hydroxyl groups is 1. The molecule has 1 fully saturated rings. The van der Waals surface area contributed by atoms with E-state index < -0.39 is 0 Å². The molecule has 92 valence electrons. The van der Waals surface area contributed by atoms with Gasteiger partial charge in [-0.1, -0.05) is 12.1 Å². The molecule has 2 rings (SSSR count). The topological polar surface area (TPSA) is 46.5 Å². The van der Waals surface area contributed by atoms with Crippen LogP contribution in [-0.2, 0) is 0 Å². The standard InChI is InChI=1S/C13H15ClO3/c14-11-5-10(13(16)6-11)8-17-12-3-1-2-9(4-12)7-15/h1-4,7,10-11,13,16H,5-6,8H2/t10-,11-,13+/m0/s1. The van der Waals surface area contributed by atoms with E-state index in [1.54, 1.807) is 24.3 Å². The normalized spacial score (nSPS) is 28.0. The van der Waals surface area contributed by atoms with Gasteiger partial charge in [0.1, 0.15) is 12.0 Å². The van der Waals surface area contributed by atoms with Crippen molar-refractivity contribution in [2.75, 3.05) is 6.61 Å². The van der Waals surface area contributed by atoms with Gasteiger partial charge in [-0.25, -0.2) is 0 Å². The molecular weight excluding hydrogens is 240 g/mol. The minimum Gasteiger partial charge on any atom is -0.493 e. The minimum absolute atomic E-state index is 0.0416. The molecule has 3 nitrogen and oxygen atoms in total. The molecule has 1 aliphatic rings. The Morgan fingerprint density at radius 2 is 2.29 bits per heavy atom. The van der Waals surface area contributed by atoms with Crippen LogP contribution in [0, 0.1) is 5.92 Å². The lowest BCUT2D eigenvalue weighted by atomic mass is 10.1. The van der Waals surface area contributed by atoms with E-state index in [0.29, 0.717) is 24.3 Å². The summed E-state index contributed by atoms with van der Waals surface area (Å²) in [6.45, 7) is 0.437. The van der Waals surface area contributed by atoms with Crippen LogP contribution >= 0.6 is 11.6 Å². The largest absolute Gasteiger partial charge is 0.493 e. The van der Waals surface area contributed by atoms with Crippen molar-refractivity contribution in [1.29, 1.82) is 0 Å². The summed E-state index contributed by atoms with van der Waals surface area (Å²) >= 11 is 5.97. The third kappa shape index (κ3) is 3.20. The van der Waals surface area contributed by atoms with Gasteiger partial charge in [-0.2, -0.15) is 0 Å². The smallest absolute Gasteiger partial charge is 0.150 e. The molecular formula is C13H15ClO3. The SMILES string of the molecule is O=Cc1cccc(OC[C@@H]2C[C@H](Cl)C[C@H]2O)c1. The Labute approximate surface area is 105 Å². The predicted octanol–water partition coefficient (Wildman–Crippen LogP) is 2.26. The summed E-state index contributed by atoms with van der Waals surface area (Å²) in [7, 11) is 0. The van der Waals surface area contributed by atoms with Crippen LogP contribution in [0.15, 0.2) is 24.3 Å². The molecule has 0 radical (unpaired) electrons. The third-order valence-electron chi connectivity index (χ3n) is 3.06. The molecule has 1 saturated carbocycles. The van der Waals surface area contributed by atoms with Gasteiger partial charge in [-0.3, -0.25) is 4.79 Å². The summed E-state index contributed by atoms with van der Waals surface area (Å²) in [6, 6.07) is 6.98. The molecule has 0 spiro atoms. The van der Waals surface area contributed by atoms with Crippen LogP contribution in [0.4, 0.5) is 0 Å². The molecule has 17 heavy (non-hydrogen) atoms. The number of halogens is 1. The first-order chi connectivity index (χ1) is 8.19. The first-order valence-corrected chi connectivity index (χ1v) is 6.13. The molecule has 1 aromatic carbocycles. The van der Waals surface area contributed by atoms with Gasteiger partial charge in [0.05, 0.1) is 12.7 Å². The van der Waals surface area contributed by atoms with E-state index in [1.807, 2.05) is 0 Å². The number of benzene rings is 1. The number of hydrogen-bond acceptors (Lipinski definition) is 3. The molecule has 0 saturated heterocycles. The Morgan fingerprint density at radius 1 is 1.47 bits per heavy atom. The monoisotopic (exact) mass is 254 g/mol. The highest BCUT2D eigenvalue weighted by Crippen LogP contribution is 2.30.